The van der Waals surface area contributed by atoms with Crippen molar-refractivity contribution in [2.24, 2.45) is 0 Å². The third-order valence-electron chi connectivity index (χ3n) is 3.85. The highest BCUT2D eigenvalue weighted by Gasteiger charge is 2.15. The van der Waals surface area contributed by atoms with Crippen LogP contribution in [0.4, 0.5) is 5.69 Å². The molecule has 0 bridgehead atoms. The number of likely N-dealkylation sites (N-methyl/N-ethyl adjacent to an activating group) is 1. The summed E-state index contributed by atoms with van der Waals surface area (Å²) in [5, 5.41) is 2.79. The molecular formula is C16H20N4O2. The van der Waals surface area contributed by atoms with E-state index in [0.29, 0.717) is 12.2 Å². The van der Waals surface area contributed by atoms with E-state index in [-0.39, 0.29) is 5.91 Å². The number of hydrogen-bond donors (Lipinski definition) is 1. The van der Waals surface area contributed by atoms with Crippen molar-refractivity contribution >= 4 is 11.6 Å². The number of piperazine rings is 1. The Hall–Kier alpha value is -2.34. The summed E-state index contributed by atoms with van der Waals surface area (Å²) in [6.07, 6.45) is 3.36. The van der Waals surface area contributed by atoms with Gasteiger partial charge in [-0.05, 0) is 31.3 Å². The highest BCUT2D eigenvalue weighted by molar-refractivity contribution is 5.92. The summed E-state index contributed by atoms with van der Waals surface area (Å²) < 4.78 is 5.18. The van der Waals surface area contributed by atoms with Gasteiger partial charge in [-0.1, -0.05) is 0 Å². The summed E-state index contributed by atoms with van der Waals surface area (Å²) >= 11 is 0. The van der Waals surface area contributed by atoms with Gasteiger partial charge in [-0.15, -0.1) is 0 Å². The molecule has 1 amide bonds. The Kier molecular flexibility index (Phi) is 4.39. The molecule has 1 fully saturated rings. The normalized spacial score (nSPS) is 15.8. The molecule has 6 heteroatoms. The lowest BCUT2D eigenvalue weighted by Gasteiger charge is -2.33. The molecule has 0 aromatic carbocycles. The fourth-order valence-corrected chi connectivity index (χ4v) is 2.44. The highest BCUT2D eigenvalue weighted by atomic mass is 16.3. The van der Waals surface area contributed by atoms with Crippen LogP contribution < -0.4 is 10.2 Å². The minimum Gasteiger partial charge on any atom is -0.467 e. The van der Waals surface area contributed by atoms with Crippen LogP contribution in [0.25, 0.3) is 0 Å². The van der Waals surface area contributed by atoms with E-state index in [0.717, 1.165) is 37.6 Å². The molecule has 0 aliphatic carbocycles. The van der Waals surface area contributed by atoms with E-state index in [1.54, 1.807) is 24.6 Å². The molecule has 0 saturated carbocycles. The molecule has 1 aliphatic heterocycles. The van der Waals surface area contributed by atoms with Crippen LogP contribution in [-0.2, 0) is 6.54 Å². The van der Waals surface area contributed by atoms with E-state index in [1.807, 2.05) is 12.1 Å². The summed E-state index contributed by atoms with van der Waals surface area (Å²) in [6.45, 7) is 4.44. The predicted molar refractivity (Wildman–Crippen MR) is 83.8 cm³/mol. The molecule has 0 atom stereocenters. The van der Waals surface area contributed by atoms with E-state index in [4.69, 9.17) is 4.42 Å². The molecule has 22 heavy (non-hydrogen) atoms. The molecule has 2 aromatic rings. The number of amides is 1. The number of anilines is 1. The van der Waals surface area contributed by atoms with E-state index in [2.05, 4.69) is 27.1 Å². The standard InChI is InChI=1S/C16H20N4O2/c1-19-6-8-20(9-7-19)13-4-5-15(17-11-13)16(21)18-12-14-3-2-10-22-14/h2-5,10-11H,6-9,12H2,1H3,(H,18,21). The first-order valence-corrected chi connectivity index (χ1v) is 7.42. The van der Waals surface area contributed by atoms with Crippen LogP contribution in [0.2, 0.25) is 0 Å². The van der Waals surface area contributed by atoms with Crippen molar-refractivity contribution in [3.8, 4) is 0 Å². The first kappa shape index (κ1) is 14.6. The molecular weight excluding hydrogens is 280 g/mol. The molecule has 1 aliphatic rings. The fraction of sp³-hybridized carbons (Fsp3) is 0.375. The zero-order chi connectivity index (χ0) is 15.4. The van der Waals surface area contributed by atoms with Crippen LogP contribution in [0.3, 0.4) is 0 Å². The Labute approximate surface area is 129 Å². The molecule has 0 unspecified atom stereocenters. The Balaban J connectivity index is 1.57. The van der Waals surface area contributed by atoms with Gasteiger partial charge in [0.2, 0.25) is 0 Å². The lowest BCUT2D eigenvalue weighted by atomic mass is 10.2. The zero-order valence-electron chi connectivity index (χ0n) is 12.7. The Morgan fingerprint density at radius 2 is 2.09 bits per heavy atom. The first-order chi connectivity index (χ1) is 10.7. The number of carbonyl (C=O) groups excluding carboxylic acids is 1. The number of hydrogen-bond acceptors (Lipinski definition) is 5. The number of pyridine rings is 1. The summed E-state index contributed by atoms with van der Waals surface area (Å²) in [5.74, 6) is 0.531. The van der Waals surface area contributed by atoms with Crippen molar-refractivity contribution in [2.45, 2.75) is 6.54 Å². The third-order valence-corrected chi connectivity index (χ3v) is 3.85. The van der Waals surface area contributed by atoms with Gasteiger partial charge >= 0.3 is 0 Å². The van der Waals surface area contributed by atoms with Crippen LogP contribution in [0.15, 0.2) is 41.1 Å². The van der Waals surface area contributed by atoms with E-state index >= 15 is 0 Å². The molecule has 116 valence electrons. The highest BCUT2D eigenvalue weighted by Crippen LogP contribution is 2.15. The third kappa shape index (κ3) is 3.46. The number of rotatable bonds is 4. The molecule has 0 spiro atoms. The second-order valence-corrected chi connectivity index (χ2v) is 5.45. The van der Waals surface area contributed by atoms with Crippen molar-refractivity contribution in [2.75, 3.05) is 38.1 Å². The van der Waals surface area contributed by atoms with Crippen LogP contribution in [0.5, 0.6) is 0 Å². The van der Waals surface area contributed by atoms with Crippen molar-refractivity contribution in [3.05, 3.63) is 48.2 Å². The molecule has 1 N–H and O–H groups in total. The second kappa shape index (κ2) is 6.62. The van der Waals surface area contributed by atoms with Crippen LogP contribution in [0.1, 0.15) is 16.2 Å². The summed E-state index contributed by atoms with van der Waals surface area (Å²) in [6, 6.07) is 7.35. The van der Waals surface area contributed by atoms with Crippen LogP contribution in [-0.4, -0.2) is 49.0 Å². The lowest BCUT2D eigenvalue weighted by Crippen LogP contribution is -2.44. The molecule has 1 saturated heterocycles. The number of nitrogens with zero attached hydrogens (tertiary/aromatic N) is 3. The van der Waals surface area contributed by atoms with Gasteiger partial charge < -0.3 is 19.5 Å². The van der Waals surface area contributed by atoms with Gasteiger partial charge in [-0.2, -0.15) is 0 Å². The first-order valence-electron chi connectivity index (χ1n) is 7.42. The lowest BCUT2D eigenvalue weighted by molar-refractivity contribution is 0.0943. The molecule has 0 radical (unpaired) electrons. The Morgan fingerprint density at radius 3 is 2.73 bits per heavy atom. The second-order valence-electron chi connectivity index (χ2n) is 5.45. The van der Waals surface area contributed by atoms with E-state index in [9.17, 15) is 4.79 Å². The Morgan fingerprint density at radius 1 is 1.27 bits per heavy atom. The smallest absolute Gasteiger partial charge is 0.270 e. The van der Waals surface area contributed by atoms with E-state index < -0.39 is 0 Å². The van der Waals surface area contributed by atoms with Gasteiger partial charge in [0.05, 0.1) is 24.7 Å². The largest absolute Gasteiger partial charge is 0.467 e. The summed E-state index contributed by atoms with van der Waals surface area (Å²) in [5.41, 5.74) is 1.49. The van der Waals surface area contributed by atoms with Gasteiger partial charge in [-0.25, -0.2) is 4.98 Å². The monoisotopic (exact) mass is 300 g/mol. The average molecular weight is 300 g/mol. The molecule has 3 rings (SSSR count). The fourth-order valence-electron chi connectivity index (χ4n) is 2.44. The number of carbonyl (C=O) groups is 1. The van der Waals surface area contributed by atoms with Crippen molar-refractivity contribution in [1.29, 1.82) is 0 Å². The van der Waals surface area contributed by atoms with E-state index in [1.165, 1.54) is 0 Å². The minimum atomic E-state index is -0.193. The summed E-state index contributed by atoms with van der Waals surface area (Å²) in [7, 11) is 2.13. The number of furan rings is 1. The average Bonchev–Trinajstić information content (AvgIpc) is 3.07. The zero-order valence-corrected chi connectivity index (χ0v) is 12.7. The van der Waals surface area contributed by atoms with Crippen LogP contribution >= 0.6 is 0 Å². The van der Waals surface area contributed by atoms with Gasteiger partial charge in [0, 0.05) is 26.2 Å². The maximum absolute atomic E-state index is 12.0. The van der Waals surface area contributed by atoms with Crippen molar-refractivity contribution in [3.63, 3.8) is 0 Å². The predicted octanol–water partition coefficient (Wildman–Crippen LogP) is 1.36. The Bertz CT molecular complexity index is 602. The topological polar surface area (TPSA) is 61.6 Å². The van der Waals surface area contributed by atoms with Gasteiger partial charge in [0.25, 0.3) is 5.91 Å². The minimum absolute atomic E-state index is 0.193. The van der Waals surface area contributed by atoms with Gasteiger partial charge in [0.15, 0.2) is 0 Å². The maximum Gasteiger partial charge on any atom is 0.270 e. The van der Waals surface area contributed by atoms with Gasteiger partial charge in [-0.3, -0.25) is 4.79 Å². The quantitative estimate of drug-likeness (QED) is 0.923. The number of aromatic nitrogens is 1. The van der Waals surface area contributed by atoms with Crippen LogP contribution in [0, 0.1) is 0 Å². The van der Waals surface area contributed by atoms with Gasteiger partial charge in [0.1, 0.15) is 11.5 Å². The maximum atomic E-state index is 12.0. The SMILES string of the molecule is CN1CCN(c2ccc(C(=O)NCc3ccco3)nc2)CC1. The van der Waals surface area contributed by atoms with Crippen molar-refractivity contribution in [1.82, 2.24) is 15.2 Å². The molecule has 3 heterocycles. The molecule has 2 aromatic heterocycles. The number of nitrogens with one attached hydrogen (secondary N) is 1. The molecule has 6 nitrogen and oxygen atoms in total. The summed E-state index contributed by atoms with van der Waals surface area (Å²) in [4.78, 5) is 20.9. The van der Waals surface area contributed by atoms with Crippen molar-refractivity contribution < 1.29 is 9.21 Å².